The maximum Gasteiger partial charge on any atom is 0.187 e. The lowest BCUT2D eigenvalue weighted by Gasteiger charge is -2.29. The van der Waals surface area contributed by atoms with Crippen LogP contribution in [0.5, 0.6) is 0 Å². The van der Waals surface area contributed by atoms with Gasteiger partial charge >= 0.3 is 0 Å². The number of anilines is 2. The highest BCUT2D eigenvalue weighted by Crippen LogP contribution is 2.25. The van der Waals surface area contributed by atoms with E-state index in [1.165, 1.54) is 0 Å². The summed E-state index contributed by atoms with van der Waals surface area (Å²) in [6.45, 7) is 6.33. The van der Waals surface area contributed by atoms with Crippen LogP contribution in [0.3, 0.4) is 0 Å². The van der Waals surface area contributed by atoms with Crippen molar-refractivity contribution in [1.82, 2.24) is 9.88 Å². The molecule has 0 aliphatic carbocycles. The quantitative estimate of drug-likeness (QED) is 0.829. The Balaban J connectivity index is 2.70. The summed E-state index contributed by atoms with van der Waals surface area (Å²) in [6.07, 6.45) is 1.73. The Morgan fingerprint density at radius 2 is 2.20 bits per heavy atom. The predicted octanol–water partition coefficient (Wildman–Crippen LogP) is 1.50. The van der Waals surface area contributed by atoms with Gasteiger partial charge in [-0.15, -0.1) is 0 Å². The summed E-state index contributed by atoms with van der Waals surface area (Å²) in [4.78, 5) is 8.78. The van der Waals surface area contributed by atoms with Crippen LogP contribution in [-0.4, -0.2) is 43.1 Å². The van der Waals surface area contributed by atoms with Gasteiger partial charge in [0.15, 0.2) is 5.13 Å². The average Bonchev–Trinajstić information content (AvgIpc) is 2.51. The van der Waals surface area contributed by atoms with E-state index in [0.717, 1.165) is 23.2 Å². The van der Waals surface area contributed by atoms with E-state index in [-0.39, 0.29) is 0 Å². The SMILES string of the molecule is CCN(c1ncc(N)s1)C(C)CN(C)C. The molecule has 0 saturated heterocycles. The molecule has 1 aromatic heterocycles. The van der Waals surface area contributed by atoms with Crippen molar-refractivity contribution >= 4 is 21.5 Å². The molecular formula is C10H20N4S. The molecule has 2 N–H and O–H groups in total. The van der Waals surface area contributed by atoms with Gasteiger partial charge in [0.25, 0.3) is 0 Å². The van der Waals surface area contributed by atoms with Gasteiger partial charge in [-0.1, -0.05) is 11.3 Å². The highest BCUT2D eigenvalue weighted by molar-refractivity contribution is 7.19. The van der Waals surface area contributed by atoms with E-state index in [0.29, 0.717) is 6.04 Å². The third-order valence-corrected chi connectivity index (χ3v) is 3.12. The van der Waals surface area contributed by atoms with Crippen LogP contribution in [-0.2, 0) is 0 Å². The Labute approximate surface area is 95.7 Å². The molecule has 0 spiro atoms. The zero-order chi connectivity index (χ0) is 11.4. The number of hydrogen-bond acceptors (Lipinski definition) is 5. The molecule has 1 unspecified atom stereocenters. The normalized spacial score (nSPS) is 13.1. The van der Waals surface area contributed by atoms with Crippen molar-refractivity contribution in [3.63, 3.8) is 0 Å². The highest BCUT2D eigenvalue weighted by atomic mass is 32.1. The molecule has 0 bridgehead atoms. The molecule has 0 aromatic carbocycles. The molecule has 0 amide bonds. The highest BCUT2D eigenvalue weighted by Gasteiger charge is 2.16. The molecule has 1 aromatic rings. The largest absolute Gasteiger partial charge is 0.389 e. The van der Waals surface area contributed by atoms with Gasteiger partial charge in [0, 0.05) is 19.1 Å². The summed E-state index contributed by atoms with van der Waals surface area (Å²) < 4.78 is 0. The Bertz CT molecular complexity index is 297. The van der Waals surface area contributed by atoms with Crippen LogP contribution in [0.15, 0.2) is 6.20 Å². The Hall–Kier alpha value is -0.810. The number of nitrogens with zero attached hydrogens (tertiary/aromatic N) is 3. The number of likely N-dealkylation sites (N-methyl/N-ethyl adjacent to an activating group) is 2. The van der Waals surface area contributed by atoms with E-state index in [1.807, 2.05) is 0 Å². The van der Waals surface area contributed by atoms with Crippen LogP contribution in [0.1, 0.15) is 13.8 Å². The summed E-state index contributed by atoms with van der Waals surface area (Å²) >= 11 is 1.55. The van der Waals surface area contributed by atoms with E-state index in [2.05, 4.69) is 42.7 Å². The molecule has 0 fully saturated rings. The van der Waals surface area contributed by atoms with Gasteiger partial charge in [-0.2, -0.15) is 0 Å². The van der Waals surface area contributed by atoms with Crippen molar-refractivity contribution in [1.29, 1.82) is 0 Å². The van der Waals surface area contributed by atoms with Crippen LogP contribution in [0, 0.1) is 0 Å². The molecule has 15 heavy (non-hydrogen) atoms. The lowest BCUT2D eigenvalue weighted by molar-refractivity contribution is 0.373. The van der Waals surface area contributed by atoms with Crippen LogP contribution < -0.4 is 10.6 Å². The van der Waals surface area contributed by atoms with E-state index < -0.39 is 0 Å². The number of nitrogens with two attached hydrogens (primary N) is 1. The fraction of sp³-hybridized carbons (Fsp3) is 0.700. The monoisotopic (exact) mass is 228 g/mol. The predicted molar refractivity (Wildman–Crippen MR) is 67.6 cm³/mol. The molecular weight excluding hydrogens is 208 g/mol. The maximum absolute atomic E-state index is 5.69. The van der Waals surface area contributed by atoms with Crippen molar-refractivity contribution in [2.45, 2.75) is 19.9 Å². The van der Waals surface area contributed by atoms with Crippen molar-refractivity contribution < 1.29 is 0 Å². The smallest absolute Gasteiger partial charge is 0.187 e. The standard InChI is InChI=1S/C10H20N4S/c1-5-14(8(2)7-13(3)4)10-12-6-9(11)15-10/h6,8H,5,7,11H2,1-4H3. The van der Waals surface area contributed by atoms with Crippen molar-refractivity contribution in [3.05, 3.63) is 6.20 Å². The van der Waals surface area contributed by atoms with Crippen LogP contribution in [0.4, 0.5) is 10.1 Å². The van der Waals surface area contributed by atoms with Gasteiger partial charge in [-0.3, -0.25) is 0 Å². The second-order valence-electron chi connectivity index (χ2n) is 3.94. The van der Waals surface area contributed by atoms with Crippen LogP contribution >= 0.6 is 11.3 Å². The minimum atomic E-state index is 0.454. The molecule has 5 heteroatoms. The second kappa shape index (κ2) is 5.32. The van der Waals surface area contributed by atoms with Crippen molar-refractivity contribution in [2.24, 2.45) is 0 Å². The van der Waals surface area contributed by atoms with Gasteiger partial charge in [-0.25, -0.2) is 4.98 Å². The third kappa shape index (κ3) is 3.35. The number of nitrogen functional groups attached to an aromatic ring is 1. The molecule has 0 aliphatic heterocycles. The molecule has 1 atom stereocenters. The van der Waals surface area contributed by atoms with E-state index >= 15 is 0 Å². The zero-order valence-corrected chi connectivity index (χ0v) is 10.7. The van der Waals surface area contributed by atoms with Gasteiger partial charge < -0.3 is 15.5 Å². The molecule has 0 radical (unpaired) electrons. The van der Waals surface area contributed by atoms with E-state index in [1.54, 1.807) is 17.5 Å². The second-order valence-corrected chi connectivity index (χ2v) is 4.98. The summed E-state index contributed by atoms with van der Waals surface area (Å²) in [7, 11) is 4.17. The summed E-state index contributed by atoms with van der Waals surface area (Å²) in [5.41, 5.74) is 5.69. The van der Waals surface area contributed by atoms with Gasteiger partial charge in [-0.05, 0) is 27.9 Å². The molecule has 1 heterocycles. The Morgan fingerprint density at radius 1 is 1.53 bits per heavy atom. The fourth-order valence-corrected chi connectivity index (χ4v) is 2.52. The van der Waals surface area contributed by atoms with Crippen LogP contribution in [0.2, 0.25) is 0 Å². The lowest BCUT2D eigenvalue weighted by atomic mass is 10.3. The number of rotatable bonds is 5. The Morgan fingerprint density at radius 3 is 2.60 bits per heavy atom. The average molecular weight is 228 g/mol. The number of aromatic nitrogens is 1. The molecule has 0 saturated carbocycles. The fourth-order valence-electron chi connectivity index (χ4n) is 1.67. The van der Waals surface area contributed by atoms with Gasteiger partial charge in [0.1, 0.15) is 5.00 Å². The maximum atomic E-state index is 5.69. The molecule has 1 rings (SSSR count). The first-order chi connectivity index (χ1) is 7.04. The summed E-state index contributed by atoms with van der Waals surface area (Å²) in [5, 5.41) is 1.80. The molecule has 0 aliphatic rings. The summed E-state index contributed by atoms with van der Waals surface area (Å²) in [6, 6.07) is 0.454. The lowest BCUT2D eigenvalue weighted by Crippen LogP contribution is -2.40. The minimum Gasteiger partial charge on any atom is -0.389 e. The first kappa shape index (κ1) is 12.3. The molecule has 4 nitrogen and oxygen atoms in total. The zero-order valence-electron chi connectivity index (χ0n) is 9.90. The van der Waals surface area contributed by atoms with Crippen LogP contribution in [0.25, 0.3) is 0 Å². The van der Waals surface area contributed by atoms with E-state index in [9.17, 15) is 0 Å². The summed E-state index contributed by atoms with van der Waals surface area (Å²) in [5.74, 6) is 0. The first-order valence-corrected chi connectivity index (χ1v) is 5.99. The minimum absolute atomic E-state index is 0.454. The number of hydrogen-bond donors (Lipinski definition) is 1. The van der Waals surface area contributed by atoms with E-state index in [4.69, 9.17) is 5.73 Å². The van der Waals surface area contributed by atoms with Crippen molar-refractivity contribution in [3.8, 4) is 0 Å². The Kier molecular flexibility index (Phi) is 4.35. The van der Waals surface area contributed by atoms with Crippen molar-refractivity contribution in [2.75, 3.05) is 37.8 Å². The third-order valence-electron chi connectivity index (χ3n) is 2.26. The van der Waals surface area contributed by atoms with Gasteiger partial charge in [0.05, 0.1) is 6.20 Å². The van der Waals surface area contributed by atoms with Gasteiger partial charge in [0.2, 0.25) is 0 Å². The number of thiazole rings is 1. The molecule has 86 valence electrons. The first-order valence-electron chi connectivity index (χ1n) is 5.17. The topological polar surface area (TPSA) is 45.4 Å².